The highest BCUT2D eigenvalue weighted by molar-refractivity contribution is 5.68. The van der Waals surface area contributed by atoms with Crippen LogP contribution in [0.4, 0.5) is 4.79 Å². The summed E-state index contributed by atoms with van der Waals surface area (Å²) >= 11 is 0. The Morgan fingerprint density at radius 1 is 1.31 bits per heavy atom. The van der Waals surface area contributed by atoms with Gasteiger partial charge in [0.1, 0.15) is 6.61 Å². The topological polar surface area (TPSA) is 80.2 Å². The number of carbonyl (C=O) groups is 1. The fourth-order valence-electron chi connectivity index (χ4n) is 3.24. The first-order chi connectivity index (χ1) is 12.7. The lowest BCUT2D eigenvalue weighted by Gasteiger charge is -2.25. The van der Waals surface area contributed by atoms with Gasteiger partial charge in [0, 0.05) is 18.3 Å². The Morgan fingerprint density at radius 3 is 3.00 bits per heavy atom. The number of carbonyl (C=O) groups excluding carboxylic acids is 1. The molecule has 0 bridgehead atoms. The van der Waals surface area contributed by atoms with Crippen molar-refractivity contribution in [3.8, 4) is 5.82 Å². The Labute approximate surface area is 150 Å². The second-order valence-corrected chi connectivity index (χ2v) is 6.38. The Hall–Kier alpha value is -3.09. The molecule has 0 atom stereocenters. The number of nitrogens with zero attached hydrogens (tertiary/aromatic N) is 3. The van der Waals surface area contributed by atoms with E-state index in [1.165, 1.54) is 4.68 Å². The van der Waals surface area contributed by atoms with Crippen LogP contribution in [0.15, 0.2) is 53.0 Å². The molecule has 0 unspecified atom stereocenters. The van der Waals surface area contributed by atoms with Crippen LogP contribution in [-0.2, 0) is 17.7 Å². The molecule has 2 aliphatic rings. The predicted molar refractivity (Wildman–Crippen MR) is 96.1 cm³/mol. The minimum absolute atomic E-state index is 0.107. The highest BCUT2D eigenvalue weighted by atomic mass is 16.6. The largest absolute Gasteiger partial charge is 0.445 e. The first kappa shape index (κ1) is 16.4. The normalized spacial score (nSPS) is 16.2. The van der Waals surface area contributed by atoms with E-state index < -0.39 is 0 Å². The lowest BCUT2D eigenvalue weighted by molar-refractivity contribution is 0.105. The number of hydrogen-bond donors (Lipinski definition) is 1. The number of nitrogens with one attached hydrogen (secondary N) is 1. The second kappa shape index (κ2) is 7.03. The van der Waals surface area contributed by atoms with Crippen molar-refractivity contribution in [2.24, 2.45) is 0 Å². The van der Waals surface area contributed by atoms with Gasteiger partial charge in [-0.2, -0.15) is 0 Å². The Morgan fingerprint density at radius 2 is 2.23 bits per heavy atom. The van der Waals surface area contributed by atoms with Gasteiger partial charge < -0.3 is 9.64 Å². The van der Waals surface area contributed by atoms with Crippen LogP contribution in [0.3, 0.4) is 0 Å². The third-order valence-corrected chi connectivity index (χ3v) is 4.62. The third-order valence-electron chi connectivity index (χ3n) is 4.62. The van der Waals surface area contributed by atoms with E-state index >= 15 is 0 Å². The van der Waals surface area contributed by atoms with Crippen molar-refractivity contribution in [1.82, 2.24) is 19.7 Å². The molecule has 3 heterocycles. The molecule has 1 amide bonds. The van der Waals surface area contributed by atoms with Crippen molar-refractivity contribution in [2.75, 3.05) is 13.2 Å². The molecule has 7 nitrogen and oxygen atoms in total. The van der Waals surface area contributed by atoms with Crippen LogP contribution >= 0.6 is 0 Å². The maximum absolute atomic E-state index is 12.6. The average Bonchev–Trinajstić information content (AvgIpc) is 3.03. The van der Waals surface area contributed by atoms with Gasteiger partial charge in [0.05, 0.1) is 12.2 Å². The van der Waals surface area contributed by atoms with Crippen LogP contribution in [0.25, 0.3) is 5.82 Å². The van der Waals surface area contributed by atoms with Crippen LogP contribution < -0.4 is 5.56 Å². The lowest BCUT2D eigenvalue weighted by Crippen LogP contribution is -2.37. The van der Waals surface area contributed by atoms with Gasteiger partial charge in [0.15, 0.2) is 5.82 Å². The van der Waals surface area contributed by atoms with Crippen molar-refractivity contribution >= 4 is 6.09 Å². The SMILES string of the molecule is O=C(OCC1=CCCC=C1)N1CCc2c([nH]n(-c3ccccn3)c2=O)C1. The van der Waals surface area contributed by atoms with Crippen LogP contribution in [-0.4, -0.2) is 38.9 Å². The molecule has 4 rings (SSSR count). The van der Waals surface area contributed by atoms with E-state index in [2.05, 4.69) is 22.2 Å². The van der Waals surface area contributed by atoms with Crippen molar-refractivity contribution in [3.63, 3.8) is 0 Å². The van der Waals surface area contributed by atoms with Gasteiger partial charge in [-0.25, -0.2) is 14.5 Å². The minimum Gasteiger partial charge on any atom is -0.445 e. The predicted octanol–water partition coefficient (Wildman–Crippen LogP) is 2.33. The second-order valence-electron chi connectivity index (χ2n) is 6.38. The van der Waals surface area contributed by atoms with Crippen LogP contribution in [0.2, 0.25) is 0 Å². The molecule has 0 saturated carbocycles. The van der Waals surface area contributed by atoms with E-state index in [9.17, 15) is 9.59 Å². The van der Waals surface area contributed by atoms with Crippen LogP contribution in [0.1, 0.15) is 24.1 Å². The first-order valence-corrected chi connectivity index (χ1v) is 8.74. The monoisotopic (exact) mass is 352 g/mol. The summed E-state index contributed by atoms with van der Waals surface area (Å²) in [6, 6.07) is 5.39. The quantitative estimate of drug-likeness (QED) is 0.919. The van der Waals surface area contributed by atoms with E-state index in [4.69, 9.17) is 4.74 Å². The summed E-state index contributed by atoms with van der Waals surface area (Å²) in [5, 5.41) is 3.08. The minimum atomic E-state index is -0.359. The number of H-pyrrole nitrogens is 1. The number of ether oxygens (including phenoxy) is 1. The molecule has 0 spiro atoms. The molecule has 0 saturated heterocycles. The molecule has 2 aromatic rings. The van der Waals surface area contributed by atoms with Crippen molar-refractivity contribution in [2.45, 2.75) is 25.8 Å². The maximum Gasteiger partial charge on any atom is 0.410 e. The molecule has 1 N–H and O–H groups in total. The first-order valence-electron chi connectivity index (χ1n) is 8.74. The lowest BCUT2D eigenvalue weighted by atomic mass is 10.1. The smallest absolute Gasteiger partial charge is 0.410 e. The molecule has 7 heteroatoms. The van der Waals surface area contributed by atoms with E-state index in [0.717, 1.165) is 24.1 Å². The van der Waals surface area contributed by atoms with Gasteiger partial charge in [-0.3, -0.25) is 9.89 Å². The number of aromatic nitrogens is 3. The Balaban J connectivity index is 1.46. The Kier molecular flexibility index (Phi) is 4.43. The maximum atomic E-state index is 12.6. The van der Waals surface area contributed by atoms with Gasteiger partial charge in [-0.1, -0.05) is 24.3 Å². The third kappa shape index (κ3) is 3.20. The van der Waals surface area contributed by atoms with Gasteiger partial charge in [-0.15, -0.1) is 0 Å². The summed E-state index contributed by atoms with van der Waals surface area (Å²) in [5.74, 6) is 0.539. The summed E-state index contributed by atoms with van der Waals surface area (Å²) in [4.78, 5) is 30.7. The number of amides is 1. The molecule has 134 valence electrons. The van der Waals surface area contributed by atoms with Gasteiger partial charge >= 0.3 is 6.09 Å². The number of fused-ring (bicyclic) bond motifs is 1. The number of hydrogen-bond acceptors (Lipinski definition) is 4. The fraction of sp³-hybridized carbons (Fsp3) is 0.316. The zero-order valence-corrected chi connectivity index (χ0v) is 14.4. The van der Waals surface area contributed by atoms with Crippen LogP contribution in [0.5, 0.6) is 0 Å². The van der Waals surface area contributed by atoms with Crippen LogP contribution in [0, 0.1) is 0 Å². The fourth-order valence-corrected chi connectivity index (χ4v) is 3.24. The molecule has 26 heavy (non-hydrogen) atoms. The molecule has 1 aliphatic heterocycles. The highest BCUT2D eigenvalue weighted by Crippen LogP contribution is 2.17. The average molecular weight is 352 g/mol. The molecule has 2 aromatic heterocycles. The summed E-state index contributed by atoms with van der Waals surface area (Å²) in [7, 11) is 0. The number of aromatic amines is 1. The molecule has 1 aliphatic carbocycles. The standard InChI is InChI=1S/C19H20N4O3/c24-18-15-9-11-22(19(25)26-13-14-6-2-1-3-7-14)12-16(15)21-23(18)17-8-4-5-10-20-17/h2,4-8,10,21H,1,3,9,11-13H2. The highest BCUT2D eigenvalue weighted by Gasteiger charge is 2.27. The summed E-state index contributed by atoms with van der Waals surface area (Å²) in [6.07, 6.45) is 9.97. The summed E-state index contributed by atoms with van der Waals surface area (Å²) in [6.45, 7) is 1.08. The molecule has 0 aromatic carbocycles. The molecule has 0 fully saturated rings. The van der Waals surface area contributed by atoms with Crippen molar-refractivity contribution < 1.29 is 9.53 Å². The summed E-state index contributed by atoms with van der Waals surface area (Å²) in [5.41, 5.74) is 2.36. The van der Waals surface area contributed by atoms with E-state index in [1.807, 2.05) is 12.1 Å². The zero-order chi connectivity index (χ0) is 17.9. The number of rotatable bonds is 3. The van der Waals surface area contributed by atoms with Crippen molar-refractivity contribution in [3.05, 3.63) is 69.8 Å². The molecular weight excluding hydrogens is 332 g/mol. The Bertz CT molecular complexity index is 924. The van der Waals surface area contributed by atoms with Gasteiger partial charge in [-0.05, 0) is 37.0 Å². The van der Waals surface area contributed by atoms with E-state index in [-0.39, 0.29) is 18.3 Å². The molecule has 0 radical (unpaired) electrons. The number of allylic oxidation sites excluding steroid dienone is 2. The van der Waals surface area contributed by atoms with Crippen molar-refractivity contribution in [1.29, 1.82) is 0 Å². The number of pyridine rings is 1. The summed E-state index contributed by atoms with van der Waals surface area (Å²) < 4.78 is 6.84. The van der Waals surface area contributed by atoms with E-state index in [0.29, 0.717) is 30.9 Å². The van der Waals surface area contributed by atoms with E-state index in [1.54, 1.807) is 23.2 Å². The zero-order valence-electron chi connectivity index (χ0n) is 14.4. The van der Waals surface area contributed by atoms with Gasteiger partial charge in [0.2, 0.25) is 0 Å². The van der Waals surface area contributed by atoms with Gasteiger partial charge in [0.25, 0.3) is 5.56 Å². The molecular formula is C19H20N4O3.